The Labute approximate surface area is 123 Å². The summed E-state index contributed by atoms with van der Waals surface area (Å²) in [5, 5.41) is 2.56. The highest BCUT2D eigenvalue weighted by molar-refractivity contribution is 7.91. The lowest BCUT2D eigenvalue weighted by molar-refractivity contribution is 0.0955. The van der Waals surface area contributed by atoms with Gasteiger partial charge in [-0.25, -0.2) is 8.42 Å². The van der Waals surface area contributed by atoms with Crippen molar-refractivity contribution in [2.75, 3.05) is 18.1 Å². The molecule has 0 saturated carbocycles. The maximum Gasteiger partial charge on any atom is 0.254 e. The number of aryl methyl sites for hydroxylation is 1. The van der Waals surface area contributed by atoms with Crippen LogP contribution in [0.1, 0.15) is 15.9 Å². The Morgan fingerprint density at radius 2 is 1.86 bits per heavy atom. The molecule has 0 unspecified atom stereocenters. The monoisotopic (exact) mass is 307 g/mol. The number of furan rings is 1. The average molecular weight is 307 g/mol. The van der Waals surface area contributed by atoms with Crippen LogP contribution in [0.15, 0.2) is 53.3 Å². The second-order valence-corrected chi connectivity index (χ2v) is 6.96. The van der Waals surface area contributed by atoms with Crippen molar-refractivity contribution in [2.45, 2.75) is 6.42 Å². The summed E-state index contributed by atoms with van der Waals surface area (Å²) >= 11 is 0. The molecule has 1 heterocycles. The van der Waals surface area contributed by atoms with Crippen LogP contribution in [0, 0.1) is 0 Å². The lowest BCUT2D eigenvalue weighted by atomic mass is 10.2. The quantitative estimate of drug-likeness (QED) is 0.844. The van der Waals surface area contributed by atoms with Crippen LogP contribution in [0.2, 0.25) is 0 Å². The average Bonchev–Trinajstić information content (AvgIpc) is 3.00. The number of amides is 1. The molecule has 1 N–H and O–H groups in total. The first-order valence-electron chi connectivity index (χ1n) is 6.61. The van der Waals surface area contributed by atoms with Crippen LogP contribution in [0.3, 0.4) is 0 Å². The molecule has 0 radical (unpaired) electrons. The SMILES string of the molecule is O=C(NCCS(=O)(=O)CCc1ccccc1)c1ccoc1. The van der Waals surface area contributed by atoms with Gasteiger partial charge in [-0.15, -0.1) is 0 Å². The largest absolute Gasteiger partial charge is 0.472 e. The van der Waals surface area contributed by atoms with Gasteiger partial charge in [0.05, 0.1) is 23.3 Å². The summed E-state index contributed by atoms with van der Waals surface area (Å²) in [7, 11) is -3.18. The van der Waals surface area contributed by atoms with E-state index in [1.54, 1.807) is 0 Å². The third-order valence-corrected chi connectivity index (χ3v) is 4.68. The van der Waals surface area contributed by atoms with Gasteiger partial charge in [-0.1, -0.05) is 30.3 Å². The third-order valence-electron chi connectivity index (χ3n) is 3.03. The van der Waals surface area contributed by atoms with Gasteiger partial charge in [-0.2, -0.15) is 0 Å². The molecule has 2 aromatic rings. The van der Waals surface area contributed by atoms with E-state index in [4.69, 9.17) is 4.42 Å². The van der Waals surface area contributed by atoms with Crippen molar-refractivity contribution in [3.8, 4) is 0 Å². The summed E-state index contributed by atoms with van der Waals surface area (Å²) in [6, 6.07) is 11.0. The van der Waals surface area contributed by atoms with Gasteiger partial charge in [0, 0.05) is 6.54 Å². The Bertz CT molecular complexity index is 663. The highest BCUT2D eigenvalue weighted by Gasteiger charge is 2.12. The zero-order valence-electron chi connectivity index (χ0n) is 11.5. The predicted octanol–water partition coefficient (Wildman–Crippen LogP) is 1.67. The smallest absolute Gasteiger partial charge is 0.254 e. The van der Waals surface area contributed by atoms with Crippen molar-refractivity contribution < 1.29 is 17.6 Å². The van der Waals surface area contributed by atoms with Crippen molar-refractivity contribution in [1.82, 2.24) is 5.32 Å². The number of benzene rings is 1. The first kappa shape index (κ1) is 15.3. The Hall–Kier alpha value is -2.08. The van der Waals surface area contributed by atoms with E-state index in [1.807, 2.05) is 30.3 Å². The Morgan fingerprint density at radius 3 is 2.52 bits per heavy atom. The van der Waals surface area contributed by atoms with Crippen LogP contribution in [-0.4, -0.2) is 32.4 Å². The Balaban J connectivity index is 1.75. The van der Waals surface area contributed by atoms with Gasteiger partial charge in [0.1, 0.15) is 6.26 Å². The summed E-state index contributed by atoms with van der Waals surface area (Å²) in [5.74, 6) is -0.316. The fourth-order valence-corrected chi connectivity index (χ4v) is 3.00. The molecule has 6 heteroatoms. The summed E-state index contributed by atoms with van der Waals surface area (Å²) < 4.78 is 28.6. The van der Waals surface area contributed by atoms with E-state index in [0.29, 0.717) is 12.0 Å². The first-order chi connectivity index (χ1) is 10.1. The van der Waals surface area contributed by atoms with Crippen LogP contribution in [0.5, 0.6) is 0 Å². The number of carbonyl (C=O) groups is 1. The summed E-state index contributed by atoms with van der Waals surface area (Å²) in [6.07, 6.45) is 3.20. The van der Waals surface area contributed by atoms with E-state index in [-0.39, 0.29) is 24.0 Å². The fourth-order valence-electron chi connectivity index (χ4n) is 1.84. The van der Waals surface area contributed by atoms with Gasteiger partial charge in [0.15, 0.2) is 9.84 Å². The third kappa shape index (κ3) is 5.07. The standard InChI is InChI=1S/C15H17NO4S/c17-15(14-6-9-20-12-14)16-8-11-21(18,19)10-7-13-4-2-1-3-5-13/h1-6,9,12H,7-8,10-11H2,(H,16,17). The predicted molar refractivity (Wildman–Crippen MR) is 79.8 cm³/mol. The number of rotatable bonds is 7. The van der Waals surface area contributed by atoms with Crippen LogP contribution in [0.4, 0.5) is 0 Å². The minimum atomic E-state index is -3.18. The molecule has 0 atom stereocenters. The first-order valence-corrected chi connectivity index (χ1v) is 8.44. The summed E-state index contributed by atoms with van der Waals surface area (Å²) in [4.78, 5) is 11.6. The van der Waals surface area contributed by atoms with Crippen molar-refractivity contribution in [3.05, 3.63) is 60.1 Å². The zero-order valence-corrected chi connectivity index (χ0v) is 12.3. The lowest BCUT2D eigenvalue weighted by Gasteiger charge is -2.06. The van der Waals surface area contributed by atoms with E-state index in [1.165, 1.54) is 18.6 Å². The van der Waals surface area contributed by atoms with Gasteiger partial charge in [0.25, 0.3) is 5.91 Å². The summed E-state index contributed by atoms with van der Waals surface area (Å²) in [5.41, 5.74) is 1.38. The zero-order chi connectivity index (χ0) is 15.1. The van der Waals surface area contributed by atoms with E-state index in [2.05, 4.69) is 5.32 Å². The van der Waals surface area contributed by atoms with E-state index in [9.17, 15) is 13.2 Å². The van der Waals surface area contributed by atoms with Gasteiger partial charge in [-0.05, 0) is 18.1 Å². The van der Waals surface area contributed by atoms with Gasteiger partial charge < -0.3 is 9.73 Å². The Kier molecular flexibility index (Phi) is 5.16. The molecule has 0 spiro atoms. The second-order valence-electron chi connectivity index (χ2n) is 4.66. The maximum absolute atomic E-state index is 11.9. The molecule has 0 aliphatic heterocycles. The van der Waals surface area contributed by atoms with Gasteiger partial charge >= 0.3 is 0 Å². The minimum Gasteiger partial charge on any atom is -0.472 e. The molecule has 1 aromatic carbocycles. The van der Waals surface area contributed by atoms with Gasteiger partial charge in [-0.3, -0.25) is 4.79 Å². The normalized spacial score (nSPS) is 11.2. The molecule has 0 aliphatic carbocycles. The molecule has 21 heavy (non-hydrogen) atoms. The summed E-state index contributed by atoms with van der Waals surface area (Å²) in [6.45, 7) is 0.0983. The Morgan fingerprint density at radius 1 is 1.10 bits per heavy atom. The second kappa shape index (κ2) is 7.08. The number of nitrogens with one attached hydrogen (secondary N) is 1. The lowest BCUT2D eigenvalue weighted by Crippen LogP contribution is -2.29. The number of carbonyl (C=O) groups excluding carboxylic acids is 1. The maximum atomic E-state index is 11.9. The van der Waals surface area contributed by atoms with Crippen molar-refractivity contribution >= 4 is 15.7 Å². The van der Waals surface area contributed by atoms with Crippen molar-refractivity contribution in [2.24, 2.45) is 0 Å². The molecular formula is C15H17NO4S. The fraction of sp³-hybridized carbons (Fsp3) is 0.267. The van der Waals surface area contributed by atoms with Gasteiger partial charge in [0.2, 0.25) is 0 Å². The molecule has 0 bridgehead atoms. The van der Waals surface area contributed by atoms with Crippen molar-refractivity contribution in [1.29, 1.82) is 0 Å². The van der Waals surface area contributed by atoms with E-state index in [0.717, 1.165) is 5.56 Å². The van der Waals surface area contributed by atoms with E-state index < -0.39 is 9.84 Å². The van der Waals surface area contributed by atoms with Crippen LogP contribution < -0.4 is 5.32 Å². The molecule has 0 fully saturated rings. The van der Waals surface area contributed by atoms with Crippen LogP contribution >= 0.6 is 0 Å². The highest BCUT2D eigenvalue weighted by atomic mass is 32.2. The molecule has 0 saturated heterocycles. The number of hydrogen-bond acceptors (Lipinski definition) is 4. The van der Waals surface area contributed by atoms with E-state index >= 15 is 0 Å². The van der Waals surface area contributed by atoms with Crippen LogP contribution in [0.25, 0.3) is 0 Å². The number of hydrogen-bond donors (Lipinski definition) is 1. The molecule has 2 rings (SSSR count). The molecule has 5 nitrogen and oxygen atoms in total. The highest BCUT2D eigenvalue weighted by Crippen LogP contribution is 2.03. The van der Waals surface area contributed by atoms with Crippen molar-refractivity contribution in [3.63, 3.8) is 0 Å². The molecule has 1 amide bonds. The number of sulfone groups is 1. The van der Waals surface area contributed by atoms with Crippen LogP contribution in [-0.2, 0) is 16.3 Å². The molecule has 0 aliphatic rings. The minimum absolute atomic E-state index is 0.0660. The molecule has 1 aromatic heterocycles. The topological polar surface area (TPSA) is 76.4 Å². The molecular weight excluding hydrogens is 290 g/mol. The molecule has 112 valence electrons.